The molecule has 0 aromatic rings. The fourth-order valence-electron chi connectivity index (χ4n) is 3.44. The Hall–Kier alpha value is -1.66. The molecule has 5 heteroatoms. The van der Waals surface area contributed by atoms with Gasteiger partial charge in [-0.1, -0.05) is 0 Å². The fourth-order valence-corrected chi connectivity index (χ4v) is 3.44. The van der Waals surface area contributed by atoms with E-state index in [0.29, 0.717) is 5.78 Å². The fraction of sp³-hybridized carbons (Fsp3) is 0.800. The molecule has 2 rings (SSSR count). The normalized spacial score (nSPS) is 33.5. The van der Waals surface area contributed by atoms with Crippen molar-refractivity contribution >= 4 is 11.9 Å². The zero-order chi connectivity index (χ0) is 14.4. The minimum Gasteiger partial charge on any atom is -0.424 e. The van der Waals surface area contributed by atoms with Gasteiger partial charge in [-0.3, -0.25) is 4.79 Å². The van der Waals surface area contributed by atoms with Crippen molar-refractivity contribution in [2.75, 3.05) is 0 Å². The molecular formula is C15H20N2O3. The number of nitriles is 1. The van der Waals surface area contributed by atoms with Crippen molar-refractivity contribution in [1.29, 1.82) is 5.26 Å². The SMILES string of the molecule is N#COC1CCC(C(=O)C2CCC(N=C=O)CC2)CC1. The second kappa shape index (κ2) is 7.21. The lowest BCUT2D eigenvalue weighted by Crippen LogP contribution is -2.32. The molecule has 0 aliphatic heterocycles. The number of carbonyl (C=O) groups is 1. The highest BCUT2D eigenvalue weighted by atomic mass is 16.5. The molecule has 2 fully saturated rings. The number of hydrogen-bond donors (Lipinski definition) is 0. The highest BCUT2D eigenvalue weighted by Gasteiger charge is 2.33. The first-order chi connectivity index (χ1) is 9.74. The summed E-state index contributed by atoms with van der Waals surface area (Å²) in [5, 5.41) is 8.49. The molecule has 0 heterocycles. The predicted octanol–water partition coefficient (Wildman–Crippen LogP) is 2.51. The molecule has 0 bridgehead atoms. The van der Waals surface area contributed by atoms with Crippen molar-refractivity contribution in [3.05, 3.63) is 0 Å². The lowest BCUT2D eigenvalue weighted by molar-refractivity contribution is -0.129. The Bertz CT molecular complexity index is 421. The van der Waals surface area contributed by atoms with Crippen LogP contribution in [0.15, 0.2) is 4.99 Å². The van der Waals surface area contributed by atoms with E-state index in [4.69, 9.17) is 10.00 Å². The standard InChI is InChI=1S/C15H20N2O3/c16-9-20-14-7-3-12(4-8-14)15(19)11-1-5-13(6-2-11)17-10-18/h11-14H,1-8H2. The molecule has 0 saturated heterocycles. The molecule has 0 atom stereocenters. The third-order valence-electron chi connectivity index (χ3n) is 4.63. The number of rotatable bonds is 4. The first-order valence-corrected chi connectivity index (χ1v) is 7.40. The topological polar surface area (TPSA) is 79.5 Å². The van der Waals surface area contributed by atoms with Gasteiger partial charge in [0.05, 0.1) is 6.04 Å². The zero-order valence-electron chi connectivity index (χ0n) is 11.6. The zero-order valence-corrected chi connectivity index (χ0v) is 11.6. The van der Waals surface area contributed by atoms with Gasteiger partial charge in [-0.15, -0.1) is 0 Å². The Morgan fingerprint density at radius 3 is 2.05 bits per heavy atom. The summed E-state index contributed by atoms with van der Waals surface area (Å²) in [6.45, 7) is 0. The van der Waals surface area contributed by atoms with Gasteiger partial charge >= 0.3 is 0 Å². The van der Waals surface area contributed by atoms with Crippen LogP contribution in [0.25, 0.3) is 0 Å². The van der Waals surface area contributed by atoms with Gasteiger partial charge < -0.3 is 4.74 Å². The van der Waals surface area contributed by atoms with Crippen molar-refractivity contribution in [3.63, 3.8) is 0 Å². The van der Waals surface area contributed by atoms with E-state index in [1.165, 1.54) is 0 Å². The molecule has 0 spiro atoms. The maximum atomic E-state index is 12.5. The molecule has 108 valence electrons. The van der Waals surface area contributed by atoms with Crippen molar-refractivity contribution < 1.29 is 14.3 Å². The summed E-state index contributed by atoms with van der Waals surface area (Å²) in [6.07, 6.45) is 9.92. The van der Waals surface area contributed by atoms with Crippen LogP contribution in [0.2, 0.25) is 0 Å². The van der Waals surface area contributed by atoms with E-state index in [1.807, 2.05) is 0 Å². The van der Waals surface area contributed by atoms with Crippen LogP contribution in [0.1, 0.15) is 51.4 Å². The van der Waals surface area contributed by atoms with Gasteiger partial charge in [0.15, 0.2) is 0 Å². The number of ketones is 1. The van der Waals surface area contributed by atoms with E-state index in [-0.39, 0.29) is 24.0 Å². The Morgan fingerprint density at radius 2 is 1.55 bits per heavy atom. The van der Waals surface area contributed by atoms with Crippen LogP contribution < -0.4 is 0 Å². The monoisotopic (exact) mass is 276 g/mol. The largest absolute Gasteiger partial charge is 0.424 e. The van der Waals surface area contributed by atoms with Crippen LogP contribution in [0.4, 0.5) is 0 Å². The van der Waals surface area contributed by atoms with Gasteiger partial charge in [0, 0.05) is 11.8 Å². The number of carbonyl (C=O) groups excluding carboxylic acids is 2. The van der Waals surface area contributed by atoms with Crippen LogP contribution in [-0.4, -0.2) is 24.0 Å². The maximum Gasteiger partial charge on any atom is 0.286 e. The molecule has 0 N–H and O–H groups in total. The summed E-state index contributed by atoms with van der Waals surface area (Å²) < 4.78 is 4.94. The summed E-state index contributed by atoms with van der Waals surface area (Å²) in [7, 11) is 0. The smallest absolute Gasteiger partial charge is 0.286 e. The van der Waals surface area contributed by atoms with Crippen LogP contribution in [0, 0.1) is 23.4 Å². The second-order valence-electron chi connectivity index (χ2n) is 5.81. The van der Waals surface area contributed by atoms with E-state index in [9.17, 15) is 9.59 Å². The molecular weight excluding hydrogens is 256 g/mol. The Labute approximate surface area is 119 Å². The number of aliphatic imine (C=N–C) groups is 1. The molecule has 20 heavy (non-hydrogen) atoms. The number of nitrogens with zero attached hydrogens (tertiary/aromatic N) is 2. The molecule has 5 nitrogen and oxygen atoms in total. The predicted molar refractivity (Wildman–Crippen MR) is 71.3 cm³/mol. The van der Waals surface area contributed by atoms with Crippen LogP contribution in [-0.2, 0) is 14.3 Å². The molecule has 0 aromatic heterocycles. The highest BCUT2D eigenvalue weighted by Crippen LogP contribution is 2.34. The first-order valence-electron chi connectivity index (χ1n) is 7.40. The minimum absolute atomic E-state index is 0.00159. The quantitative estimate of drug-likeness (QED) is 0.449. The molecule has 2 saturated carbocycles. The van der Waals surface area contributed by atoms with E-state index in [2.05, 4.69) is 4.99 Å². The lowest BCUT2D eigenvalue weighted by atomic mass is 9.75. The highest BCUT2D eigenvalue weighted by molar-refractivity contribution is 5.83. The van der Waals surface area contributed by atoms with Gasteiger partial charge in [-0.05, 0) is 51.4 Å². The van der Waals surface area contributed by atoms with Gasteiger partial charge in [0.25, 0.3) is 6.26 Å². The van der Waals surface area contributed by atoms with Crippen LogP contribution in [0.5, 0.6) is 0 Å². The third-order valence-corrected chi connectivity index (χ3v) is 4.63. The summed E-state index contributed by atoms with van der Waals surface area (Å²) in [6, 6.07) is 0.0660. The van der Waals surface area contributed by atoms with E-state index >= 15 is 0 Å². The van der Waals surface area contributed by atoms with Gasteiger partial charge in [-0.25, -0.2) is 9.79 Å². The molecule has 2 aliphatic rings. The minimum atomic E-state index is 0.00159. The third kappa shape index (κ3) is 3.68. The first kappa shape index (κ1) is 14.7. The molecule has 0 aromatic carbocycles. The lowest BCUT2D eigenvalue weighted by Gasteiger charge is -2.31. The van der Waals surface area contributed by atoms with Crippen LogP contribution in [0.3, 0.4) is 0 Å². The van der Waals surface area contributed by atoms with Gasteiger partial charge in [0.1, 0.15) is 11.9 Å². The summed E-state index contributed by atoms with van der Waals surface area (Å²) in [5.74, 6) is 0.630. The average Bonchev–Trinajstić information content (AvgIpc) is 2.49. The van der Waals surface area contributed by atoms with Gasteiger partial charge in [-0.2, -0.15) is 5.26 Å². The van der Waals surface area contributed by atoms with E-state index < -0.39 is 0 Å². The number of Topliss-reactive ketones (excluding diaryl/α,β-unsaturated/α-hetero) is 1. The van der Waals surface area contributed by atoms with Crippen LogP contribution >= 0.6 is 0 Å². The van der Waals surface area contributed by atoms with Crippen molar-refractivity contribution in [3.8, 4) is 6.26 Å². The average molecular weight is 276 g/mol. The van der Waals surface area contributed by atoms with Crippen molar-refractivity contribution in [2.45, 2.75) is 63.5 Å². The maximum absolute atomic E-state index is 12.5. The Balaban J connectivity index is 1.79. The number of ether oxygens (including phenoxy) is 1. The number of isocyanates is 1. The molecule has 0 amide bonds. The van der Waals surface area contributed by atoms with Gasteiger partial charge in [0.2, 0.25) is 6.08 Å². The molecule has 0 radical (unpaired) electrons. The Morgan fingerprint density at radius 1 is 1.00 bits per heavy atom. The number of hydrogen-bond acceptors (Lipinski definition) is 5. The summed E-state index contributed by atoms with van der Waals surface area (Å²) in [4.78, 5) is 26.5. The van der Waals surface area contributed by atoms with E-state index in [0.717, 1.165) is 51.4 Å². The summed E-state index contributed by atoms with van der Waals surface area (Å²) >= 11 is 0. The molecule has 2 aliphatic carbocycles. The van der Waals surface area contributed by atoms with E-state index in [1.54, 1.807) is 12.3 Å². The van der Waals surface area contributed by atoms with Crippen molar-refractivity contribution in [1.82, 2.24) is 0 Å². The summed E-state index contributed by atoms with van der Waals surface area (Å²) in [5.41, 5.74) is 0. The second-order valence-corrected chi connectivity index (χ2v) is 5.81. The molecule has 0 unspecified atom stereocenters. The Kier molecular flexibility index (Phi) is 5.31. The van der Waals surface area contributed by atoms with Crippen molar-refractivity contribution in [2.24, 2.45) is 16.8 Å².